The Morgan fingerprint density at radius 3 is 2.76 bits per heavy atom. The van der Waals surface area contributed by atoms with Gasteiger partial charge in [0.1, 0.15) is 18.2 Å². The van der Waals surface area contributed by atoms with Gasteiger partial charge in [-0.15, -0.1) is 11.3 Å². The average Bonchev–Trinajstić information content (AvgIpc) is 3.33. The van der Waals surface area contributed by atoms with E-state index < -0.39 is 5.92 Å². The number of aryl methyl sites for hydroxylation is 3. The standard InChI is InChI=1S/C28H27ClF2N4O2S/c1-16-11-21(26-24(32-16)7-10-38-26)20-12-18(29)3-6-25(20)37-9-8-35-17(2)33-23-5-4-19(13-22(23)27(35)36)34-14-28(30,31)15-34/h3,6-7,10-12,19H,4-5,8-9,13-15H2,1-2H3/t19-/m1/s1. The van der Waals surface area contributed by atoms with E-state index in [1.165, 1.54) is 0 Å². The number of nitrogens with zero attached hydrogens (tertiary/aromatic N) is 4. The Morgan fingerprint density at radius 1 is 1.16 bits per heavy atom. The first-order chi connectivity index (χ1) is 18.2. The topological polar surface area (TPSA) is 60.3 Å². The molecule has 1 saturated heterocycles. The molecule has 0 saturated carbocycles. The van der Waals surface area contributed by atoms with Gasteiger partial charge in [-0.25, -0.2) is 13.8 Å². The maximum atomic E-state index is 13.4. The molecule has 198 valence electrons. The highest BCUT2D eigenvalue weighted by molar-refractivity contribution is 7.17. The Labute approximate surface area is 227 Å². The van der Waals surface area contributed by atoms with E-state index in [1.54, 1.807) is 26.9 Å². The lowest BCUT2D eigenvalue weighted by Gasteiger charge is -2.45. The number of thiophene rings is 1. The van der Waals surface area contributed by atoms with Gasteiger partial charge >= 0.3 is 0 Å². The van der Waals surface area contributed by atoms with Crippen LogP contribution in [0.1, 0.15) is 29.2 Å². The third kappa shape index (κ3) is 4.72. The molecule has 2 aliphatic rings. The van der Waals surface area contributed by atoms with Crippen LogP contribution in [0.4, 0.5) is 8.78 Å². The number of rotatable bonds is 6. The SMILES string of the molecule is Cc1cc(-c2cc(Cl)ccc2OCCn2c(C)nc3c(c2=O)C[C@H](N2CC(F)(F)C2)CC3)c2sccc2n1. The minimum Gasteiger partial charge on any atom is -0.491 e. The van der Waals surface area contributed by atoms with Crippen LogP contribution in [0.15, 0.2) is 40.5 Å². The van der Waals surface area contributed by atoms with Crippen molar-refractivity contribution in [2.24, 2.45) is 0 Å². The third-order valence-electron chi connectivity index (χ3n) is 7.42. The molecule has 0 amide bonds. The normalized spacial score (nSPS) is 18.8. The van der Waals surface area contributed by atoms with Crippen molar-refractivity contribution in [3.05, 3.63) is 73.9 Å². The van der Waals surface area contributed by atoms with E-state index in [4.69, 9.17) is 21.3 Å². The summed E-state index contributed by atoms with van der Waals surface area (Å²) in [6, 6.07) is 9.51. The van der Waals surface area contributed by atoms with Crippen LogP contribution in [0.2, 0.25) is 5.02 Å². The summed E-state index contributed by atoms with van der Waals surface area (Å²) in [6.45, 7) is 3.91. The van der Waals surface area contributed by atoms with E-state index in [0.29, 0.717) is 41.5 Å². The number of likely N-dealkylation sites (tertiary alicyclic amines) is 1. The number of hydrogen-bond donors (Lipinski definition) is 0. The van der Waals surface area contributed by atoms with Crippen LogP contribution in [0, 0.1) is 13.8 Å². The molecule has 0 unspecified atom stereocenters. The summed E-state index contributed by atoms with van der Waals surface area (Å²) in [7, 11) is 0. The summed E-state index contributed by atoms with van der Waals surface area (Å²) < 4.78 is 35.7. The first-order valence-electron chi connectivity index (χ1n) is 12.7. The van der Waals surface area contributed by atoms with E-state index in [9.17, 15) is 13.6 Å². The summed E-state index contributed by atoms with van der Waals surface area (Å²) in [5, 5.41) is 2.62. The lowest BCUT2D eigenvalue weighted by Crippen LogP contribution is -2.61. The summed E-state index contributed by atoms with van der Waals surface area (Å²) >= 11 is 7.99. The molecule has 3 aromatic heterocycles. The van der Waals surface area contributed by atoms with Crippen LogP contribution >= 0.6 is 22.9 Å². The fourth-order valence-electron chi connectivity index (χ4n) is 5.56. The number of benzene rings is 1. The van der Waals surface area contributed by atoms with Gasteiger partial charge in [-0.2, -0.15) is 0 Å². The number of fused-ring (bicyclic) bond motifs is 2. The molecule has 0 N–H and O–H groups in total. The zero-order chi connectivity index (χ0) is 26.6. The smallest absolute Gasteiger partial charge is 0.272 e. The highest BCUT2D eigenvalue weighted by Gasteiger charge is 2.47. The molecule has 1 aliphatic heterocycles. The Balaban J connectivity index is 1.23. The number of ether oxygens (including phenoxy) is 1. The van der Waals surface area contributed by atoms with Gasteiger partial charge in [0, 0.05) is 33.4 Å². The molecule has 1 aromatic carbocycles. The van der Waals surface area contributed by atoms with E-state index in [0.717, 1.165) is 39.2 Å². The number of hydrogen-bond acceptors (Lipinski definition) is 6. The predicted molar refractivity (Wildman–Crippen MR) is 146 cm³/mol. The molecule has 4 heterocycles. The summed E-state index contributed by atoms with van der Waals surface area (Å²) in [5.74, 6) is -1.31. The quantitative estimate of drug-likeness (QED) is 0.306. The van der Waals surface area contributed by atoms with Crippen LogP contribution in [-0.2, 0) is 19.4 Å². The van der Waals surface area contributed by atoms with E-state index in [2.05, 4.69) is 4.98 Å². The van der Waals surface area contributed by atoms with Gasteiger partial charge < -0.3 is 4.74 Å². The van der Waals surface area contributed by atoms with Gasteiger partial charge in [0.05, 0.1) is 35.5 Å². The minimum atomic E-state index is -2.62. The number of aromatic nitrogens is 3. The molecule has 38 heavy (non-hydrogen) atoms. The van der Waals surface area contributed by atoms with Gasteiger partial charge in [-0.1, -0.05) is 11.6 Å². The third-order valence-corrected chi connectivity index (χ3v) is 8.59. The van der Waals surface area contributed by atoms with Crippen molar-refractivity contribution in [2.45, 2.75) is 51.6 Å². The van der Waals surface area contributed by atoms with Gasteiger partial charge in [0.25, 0.3) is 11.5 Å². The van der Waals surface area contributed by atoms with Crippen molar-refractivity contribution in [3.8, 4) is 16.9 Å². The second kappa shape index (κ2) is 9.70. The molecule has 4 aromatic rings. The van der Waals surface area contributed by atoms with Crippen molar-refractivity contribution in [1.82, 2.24) is 19.4 Å². The number of pyridine rings is 1. The molecule has 1 fully saturated rings. The van der Waals surface area contributed by atoms with Gasteiger partial charge in [-0.3, -0.25) is 19.2 Å². The molecule has 0 spiro atoms. The van der Waals surface area contributed by atoms with Crippen LogP contribution < -0.4 is 10.3 Å². The van der Waals surface area contributed by atoms with Crippen molar-refractivity contribution < 1.29 is 13.5 Å². The molecule has 0 radical (unpaired) electrons. The second-order valence-corrected chi connectivity index (χ2v) is 11.5. The van der Waals surface area contributed by atoms with Crippen molar-refractivity contribution in [3.63, 3.8) is 0 Å². The van der Waals surface area contributed by atoms with Gasteiger partial charge in [-0.05, 0) is 68.8 Å². The van der Waals surface area contributed by atoms with Gasteiger partial charge in [0.15, 0.2) is 0 Å². The number of alkyl halides is 2. The first kappa shape index (κ1) is 25.4. The Bertz CT molecular complexity index is 1590. The van der Waals surface area contributed by atoms with Crippen molar-refractivity contribution in [2.75, 3.05) is 19.7 Å². The molecule has 0 bridgehead atoms. The monoisotopic (exact) mass is 556 g/mol. The molecule has 10 heteroatoms. The lowest BCUT2D eigenvalue weighted by atomic mass is 9.89. The molecule has 6 rings (SSSR count). The molecule has 1 atom stereocenters. The van der Waals surface area contributed by atoms with Crippen LogP contribution in [0.25, 0.3) is 21.3 Å². The molecular formula is C28H27ClF2N4O2S. The highest BCUT2D eigenvalue weighted by Crippen LogP contribution is 2.39. The van der Waals surface area contributed by atoms with Crippen LogP contribution in [0.3, 0.4) is 0 Å². The Kier molecular flexibility index (Phi) is 6.48. The summed E-state index contributed by atoms with van der Waals surface area (Å²) in [5.41, 5.74) is 5.04. The maximum absolute atomic E-state index is 13.4. The van der Waals surface area contributed by atoms with Crippen molar-refractivity contribution >= 4 is 33.2 Å². The fourth-order valence-corrected chi connectivity index (χ4v) is 6.60. The minimum absolute atomic E-state index is 0.0430. The molecule has 6 nitrogen and oxygen atoms in total. The Hall–Kier alpha value is -2.88. The molecule has 1 aliphatic carbocycles. The van der Waals surface area contributed by atoms with Crippen LogP contribution in [-0.4, -0.2) is 51.1 Å². The Morgan fingerprint density at radius 2 is 1.97 bits per heavy atom. The largest absolute Gasteiger partial charge is 0.491 e. The van der Waals surface area contributed by atoms with E-state index in [1.807, 2.05) is 43.5 Å². The predicted octanol–water partition coefficient (Wildman–Crippen LogP) is 5.68. The highest BCUT2D eigenvalue weighted by atomic mass is 35.5. The van der Waals surface area contributed by atoms with Crippen molar-refractivity contribution in [1.29, 1.82) is 0 Å². The first-order valence-corrected chi connectivity index (χ1v) is 13.9. The van der Waals surface area contributed by atoms with E-state index >= 15 is 0 Å². The zero-order valence-corrected chi connectivity index (χ0v) is 22.7. The number of halogens is 3. The second-order valence-electron chi connectivity index (χ2n) is 10.1. The zero-order valence-electron chi connectivity index (χ0n) is 21.1. The average molecular weight is 557 g/mol. The summed E-state index contributed by atoms with van der Waals surface area (Å²) in [6.07, 6.45) is 1.83. The van der Waals surface area contributed by atoms with Gasteiger partial charge in [0.2, 0.25) is 0 Å². The van der Waals surface area contributed by atoms with E-state index in [-0.39, 0.29) is 31.3 Å². The maximum Gasteiger partial charge on any atom is 0.272 e. The fraction of sp³-hybridized carbons (Fsp3) is 0.393. The molecular weight excluding hydrogens is 530 g/mol. The lowest BCUT2D eigenvalue weighted by molar-refractivity contribution is -0.147. The summed E-state index contributed by atoms with van der Waals surface area (Å²) in [4.78, 5) is 24.5. The van der Waals surface area contributed by atoms with Crippen LogP contribution in [0.5, 0.6) is 5.75 Å².